The van der Waals surface area contributed by atoms with E-state index in [1.165, 1.54) is 12.7 Å². The average Bonchev–Trinajstić information content (AvgIpc) is 3.58. The Labute approximate surface area is 227 Å². The third-order valence-electron chi connectivity index (χ3n) is 7.91. The Bertz CT molecular complexity index is 1540. The van der Waals surface area contributed by atoms with Crippen molar-refractivity contribution in [2.45, 2.75) is 57.2 Å². The maximum Gasteiger partial charge on any atom is 0.309 e. The van der Waals surface area contributed by atoms with Gasteiger partial charge >= 0.3 is 5.97 Å². The van der Waals surface area contributed by atoms with E-state index in [2.05, 4.69) is 27.3 Å². The zero-order valence-corrected chi connectivity index (χ0v) is 22.0. The van der Waals surface area contributed by atoms with Crippen LogP contribution in [-0.2, 0) is 29.0 Å². The number of hydrogen-bond donors (Lipinski definition) is 1. The van der Waals surface area contributed by atoms with Gasteiger partial charge in [-0.25, -0.2) is 11.6 Å². The zero-order valence-electron chi connectivity index (χ0n) is 22.0. The molecule has 1 fully saturated rings. The third-order valence-corrected chi connectivity index (χ3v) is 7.91. The smallest absolute Gasteiger partial charge is 0.309 e. The third kappa shape index (κ3) is 4.92. The van der Waals surface area contributed by atoms with Crippen molar-refractivity contribution in [3.05, 3.63) is 88.9 Å². The van der Waals surface area contributed by atoms with Crippen molar-refractivity contribution in [2.75, 3.05) is 12.4 Å². The highest BCUT2D eigenvalue weighted by Gasteiger charge is 2.34. The summed E-state index contributed by atoms with van der Waals surface area (Å²) in [4.78, 5) is 20.7. The molecule has 3 atom stereocenters. The molecule has 8 nitrogen and oxygen atoms in total. The number of hydrogen-bond acceptors (Lipinski definition) is 6. The number of fused-ring (bicyclic) bond motifs is 2. The van der Waals surface area contributed by atoms with Crippen molar-refractivity contribution in [3.8, 4) is 5.88 Å². The van der Waals surface area contributed by atoms with E-state index in [4.69, 9.17) is 21.1 Å². The fourth-order valence-corrected chi connectivity index (χ4v) is 5.93. The van der Waals surface area contributed by atoms with Crippen LogP contribution in [0.2, 0.25) is 0 Å². The van der Waals surface area contributed by atoms with Crippen LogP contribution < -0.4 is 10.1 Å². The highest BCUT2D eigenvalue weighted by Crippen LogP contribution is 2.39. The van der Waals surface area contributed by atoms with Crippen LogP contribution in [0.25, 0.3) is 15.7 Å². The van der Waals surface area contributed by atoms with Crippen molar-refractivity contribution in [2.24, 2.45) is 5.92 Å². The van der Waals surface area contributed by atoms with Crippen molar-refractivity contribution in [1.82, 2.24) is 14.8 Å². The van der Waals surface area contributed by atoms with E-state index in [1.54, 1.807) is 6.20 Å². The molecular formula is C31H31N5O3. The second-order valence-corrected chi connectivity index (χ2v) is 10.4. The summed E-state index contributed by atoms with van der Waals surface area (Å²) in [6, 6.07) is 18.0. The number of nitrogens with zero attached hydrogens (tertiary/aromatic N) is 4. The Balaban J connectivity index is 1.37. The van der Waals surface area contributed by atoms with E-state index in [9.17, 15) is 4.79 Å². The molecule has 39 heavy (non-hydrogen) atoms. The highest BCUT2D eigenvalue weighted by molar-refractivity contribution is 5.96. The van der Waals surface area contributed by atoms with E-state index < -0.39 is 0 Å². The fourth-order valence-electron chi connectivity index (χ4n) is 5.93. The van der Waals surface area contributed by atoms with E-state index in [0.717, 1.165) is 53.4 Å². The Kier molecular flexibility index (Phi) is 6.89. The number of rotatable bonds is 7. The largest absolute Gasteiger partial charge is 0.472 e. The number of esters is 1. The SMILES string of the molecule is [C-]#[N+][C@H]1CCCC[C@@H]1n1nc(Nc2ccc3c(c2)CC(C(=O)OC)C3)c2c(OCc3ccccc3)nccc21. The van der Waals surface area contributed by atoms with Gasteiger partial charge in [0.1, 0.15) is 18.0 Å². The van der Waals surface area contributed by atoms with Gasteiger partial charge in [-0.3, -0.25) is 9.48 Å². The van der Waals surface area contributed by atoms with E-state index >= 15 is 0 Å². The molecule has 2 heterocycles. The van der Waals surface area contributed by atoms with Gasteiger partial charge in [0.2, 0.25) is 11.9 Å². The molecule has 0 amide bonds. The normalized spacial score (nSPS) is 20.3. The lowest BCUT2D eigenvalue weighted by atomic mass is 9.91. The zero-order chi connectivity index (χ0) is 26.8. The summed E-state index contributed by atoms with van der Waals surface area (Å²) in [6.07, 6.45) is 7.06. The Morgan fingerprint density at radius 1 is 1.10 bits per heavy atom. The number of nitrogens with one attached hydrogen (secondary N) is 1. The minimum atomic E-state index is -0.168. The molecule has 4 aromatic rings. The standard InChI is InChI=1S/C31H31N5O3/c1-32-25-10-6-7-11-26(25)36-27-14-15-33-30(39-19-20-8-4-3-5-9-20)28(27)29(35-36)34-24-13-12-21-16-23(31(37)38-2)17-22(21)18-24/h3-5,8-9,12-15,18,23,25-26H,6-7,10-11,16-17,19H2,2H3,(H,34,35)/t23?,25-,26-/m0/s1. The Morgan fingerprint density at radius 3 is 2.74 bits per heavy atom. The van der Waals surface area contributed by atoms with Crippen LogP contribution in [0.15, 0.2) is 60.8 Å². The lowest BCUT2D eigenvalue weighted by molar-refractivity contribution is -0.145. The molecule has 0 bridgehead atoms. The lowest BCUT2D eigenvalue weighted by Crippen LogP contribution is -2.26. The molecule has 1 unspecified atom stereocenters. The van der Waals surface area contributed by atoms with Gasteiger partial charge in [0, 0.05) is 18.3 Å². The number of carbonyl (C=O) groups is 1. The number of methoxy groups -OCH3 is 1. The topological polar surface area (TPSA) is 82.6 Å². The summed E-state index contributed by atoms with van der Waals surface area (Å²) in [5.41, 5.74) is 5.15. The van der Waals surface area contributed by atoms with E-state index in [0.29, 0.717) is 31.1 Å². The van der Waals surface area contributed by atoms with Gasteiger partial charge in [0.05, 0.1) is 18.5 Å². The van der Waals surface area contributed by atoms with Crippen LogP contribution in [0.4, 0.5) is 11.5 Å². The summed E-state index contributed by atoms with van der Waals surface area (Å²) in [5.74, 6) is 0.850. The number of benzene rings is 2. The maximum atomic E-state index is 12.1. The van der Waals surface area contributed by atoms with Crippen molar-refractivity contribution < 1.29 is 14.3 Å². The Hall–Kier alpha value is -4.38. The molecule has 2 aromatic heterocycles. The lowest BCUT2D eigenvalue weighted by Gasteiger charge is -2.24. The van der Waals surface area contributed by atoms with Gasteiger partial charge in [-0.1, -0.05) is 42.8 Å². The van der Waals surface area contributed by atoms with Gasteiger partial charge in [0.15, 0.2) is 5.82 Å². The quantitative estimate of drug-likeness (QED) is 0.236. The summed E-state index contributed by atoms with van der Waals surface area (Å²) in [6.45, 7) is 8.19. The number of ether oxygens (including phenoxy) is 2. The molecular weight excluding hydrogens is 490 g/mol. The van der Waals surface area contributed by atoms with Gasteiger partial charge < -0.3 is 19.6 Å². The number of carbonyl (C=O) groups excluding carboxylic acids is 1. The number of pyridine rings is 1. The predicted molar refractivity (Wildman–Crippen MR) is 149 cm³/mol. The van der Waals surface area contributed by atoms with Crippen molar-refractivity contribution >= 4 is 28.4 Å². The molecule has 0 spiro atoms. The van der Waals surface area contributed by atoms with Crippen LogP contribution >= 0.6 is 0 Å². The molecule has 198 valence electrons. The summed E-state index contributed by atoms with van der Waals surface area (Å²) >= 11 is 0. The maximum absolute atomic E-state index is 12.1. The van der Waals surface area contributed by atoms with Gasteiger partial charge in [-0.15, -0.1) is 0 Å². The highest BCUT2D eigenvalue weighted by atomic mass is 16.5. The van der Waals surface area contributed by atoms with Crippen molar-refractivity contribution in [1.29, 1.82) is 0 Å². The summed E-state index contributed by atoms with van der Waals surface area (Å²) < 4.78 is 13.2. The number of aromatic nitrogens is 3. The van der Waals surface area contributed by atoms with Crippen LogP contribution in [-0.4, -0.2) is 33.9 Å². The minimum Gasteiger partial charge on any atom is -0.472 e. The second kappa shape index (κ2) is 10.8. The van der Waals surface area contributed by atoms with E-state index in [1.807, 2.05) is 47.1 Å². The molecule has 2 aliphatic rings. The van der Waals surface area contributed by atoms with Gasteiger partial charge in [-0.05, 0) is 60.6 Å². The van der Waals surface area contributed by atoms with Crippen LogP contribution in [0.3, 0.4) is 0 Å². The van der Waals surface area contributed by atoms with E-state index in [-0.39, 0.29) is 24.0 Å². The first-order valence-electron chi connectivity index (χ1n) is 13.5. The summed E-state index contributed by atoms with van der Waals surface area (Å²) in [7, 11) is 1.44. The molecule has 2 aromatic carbocycles. The first-order chi connectivity index (χ1) is 19.1. The first-order valence-corrected chi connectivity index (χ1v) is 13.5. The van der Waals surface area contributed by atoms with Crippen LogP contribution in [0.5, 0.6) is 5.88 Å². The molecule has 0 aliphatic heterocycles. The molecule has 0 radical (unpaired) electrons. The Morgan fingerprint density at radius 2 is 1.92 bits per heavy atom. The fraction of sp³-hybridized carbons (Fsp3) is 0.355. The molecule has 0 saturated heterocycles. The molecule has 2 aliphatic carbocycles. The van der Waals surface area contributed by atoms with Crippen molar-refractivity contribution in [3.63, 3.8) is 0 Å². The van der Waals surface area contributed by atoms with Crippen LogP contribution in [0, 0.1) is 12.5 Å². The molecule has 1 saturated carbocycles. The average molecular weight is 522 g/mol. The van der Waals surface area contributed by atoms with Crippen LogP contribution in [0.1, 0.15) is 48.4 Å². The molecule has 6 rings (SSSR count). The minimum absolute atomic E-state index is 0.000455. The van der Waals surface area contributed by atoms with Gasteiger partial charge in [0.25, 0.3) is 0 Å². The summed E-state index contributed by atoms with van der Waals surface area (Å²) in [5, 5.41) is 9.36. The molecule has 8 heteroatoms. The predicted octanol–water partition coefficient (Wildman–Crippen LogP) is 6.04. The monoisotopic (exact) mass is 521 g/mol. The number of anilines is 2. The van der Waals surface area contributed by atoms with Gasteiger partial charge in [-0.2, -0.15) is 5.10 Å². The first kappa shape index (κ1) is 24.9. The second-order valence-electron chi connectivity index (χ2n) is 10.4. The molecule has 1 N–H and O–H groups in total.